The lowest BCUT2D eigenvalue weighted by Crippen LogP contribution is -2.40. The van der Waals surface area contributed by atoms with Crippen LogP contribution in [0.2, 0.25) is 0 Å². The lowest BCUT2D eigenvalue weighted by Gasteiger charge is -2.29. The van der Waals surface area contributed by atoms with Crippen LogP contribution < -0.4 is 10.1 Å². The van der Waals surface area contributed by atoms with Crippen molar-refractivity contribution in [3.63, 3.8) is 0 Å². The van der Waals surface area contributed by atoms with Gasteiger partial charge < -0.3 is 10.1 Å². The number of sulfone groups is 1. The van der Waals surface area contributed by atoms with Crippen molar-refractivity contribution >= 4 is 44.2 Å². The van der Waals surface area contributed by atoms with E-state index in [0.29, 0.717) is 28.1 Å². The summed E-state index contributed by atoms with van der Waals surface area (Å²) >= 11 is 6.89. The molecule has 1 fully saturated rings. The molecule has 28 heavy (non-hydrogen) atoms. The minimum Gasteiger partial charge on any atom is -0.495 e. The molecular weight excluding hydrogens is 416 g/mol. The van der Waals surface area contributed by atoms with Gasteiger partial charge in [-0.05, 0) is 36.7 Å². The van der Waals surface area contributed by atoms with Crippen molar-refractivity contribution in [3.05, 3.63) is 28.2 Å². The topological polar surface area (TPSA) is 76.5 Å². The number of methoxy groups -OCH3 is 1. The highest BCUT2D eigenvalue weighted by molar-refractivity contribution is 7.91. The summed E-state index contributed by atoms with van der Waals surface area (Å²) in [5.74, 6) is 1.62. The van der Waals surface area contributed by atoms with Gasteiger partial charge in [0.2, 0.25) is 5.13 Å². The van der Waals surface area contributed by atoms with Crippen LogP contribution in [0.25, 0.3) is 0 Å². The average molecular weight is 443 g/mol. The van der Waals surface area contributed by atoms with Gasteiger partial charge in [0.25, 0.3) is 0 Å². The van der Waals surface area contributed by atoms with Crippen molar-refractivity contribution < 1.29 is 13.2 Å². The van der Waals surface area contributed by atoms with Crippen LogP contribution in [0.4, 0.5) is 10.8 Å². The zero-order valence-corrected chi connectivity index (χ0v) is 18.7. The van der Waals surface area contributed by atoms with Crippen LogP contribution in [0.15, 0.2) is 24.3 Å². The minimum absolute atomic E-state index is 0.0154. The van der Waals surface area contributed by atoms with Crippen molar-refractivity contribution in [1.82, 2.24) is 14.7 Å². The molecule has 0 bridgehead atoms. The predicted molar refractivity (Wildman–Crippen MR) is 116 cm³/mol. The Kier molecular flexibility index (Phi) is 6.74. The second-order valence-corrected chi connectivity index (χ2v) is 11.2. The molecule has 154 valence electrons. The van der Waals surface area contributed by atoms with Gasteiger partial charge in [-0.2, -0.15) is 0 Å². The summed E-state index contributed by atoms with van der Waals surface area (Å²) in [5, 5.41) is 8.55. The molecule has 0 spiro atoms. The molecule has 2 aromatic rings. The molecule has 1 aliphatic heterocycles. The number of hydrogen-bond donors (Lipinski definition) is 1. The van der Waals surface area contributed by atoms with Gasteiger partial charge in [-0.15, -0.1) is 5.10 Å². The summed E-state index contributed by atoms with van der Waals surface area (Å²) in [4.78, 5) is 2.19. The van der Waals surface area contributed by atoms with Crippen molar-refractivity contribution in [3.8, 4) is 5.75 Å². The Balaban J connectivity index is 1.78. The van der Waals surface area contributed by atoms with Crippen LogP contribution in [0.5, 0.6) is 5.75 Å². The summed E-state index contributed by atoms with van der Waals surface area (Å²) in [6.45, 7) is 5.55. The van der Waals surface area contributed by atoms with E-state index in [2.05, 4.69) is 29.2 Å². The third-order valence-electron chi connectivity index (χ3n) is 4.59. The predicted octanol–water partition coefficient (Wildman–Crippen LogP) is 3.53. The number of nitrogens with zero attached hydrogens (tertiary/aromatic N) is 3. The zero-order chi connectivity index (χ0) is 20.3. The zero-order valence-electron chi connectivity index (χ0n) is 16.3. The molecule has 1 aromatic heterocycles. The molecule has 7 nitrogen and oxygen atoms in total. The van der Waals surface area contributed by atoms with E-state index < -0.39 is 9.84 Å². The van der Waals surface area contributed by atoms with Crippen LogP contribution in [0, 0.1) is 9.87 Å². The van der Waals surface area contributed by atoms with E-state index in [9.17, 15) is 8.42 Å². The van der Waals surface area contributed by atoms with Gasteiger partial charge in [-0.1, -0.05) is 37.3 Å². The summed E-state index contributed by atoms with van der Waals surface area (Å²) in [5.41, 5.74) is 0.821. The largest absolute Gasteiger partial charge is 0.495 e. The molecule has 10 heteroatoms. The Labute approximate surface area is 175 Å². The molecule has 2 heterocycles. The fraction of sp³-hybridized carbons (Fsp3) is 0.556. The van der Waals surface area contributed by atoms with E-state index in [1.54, 1.807) is 11.8 Å². The monoisotopic (exact) mass is 442 g/mol. The minimum atomic E-state index is -2.94. The highest BCUT2D eigenvalue weighted by Gasteiger charge is 2.32. The molecular formula is C18H26N4O3S3. The first-order valence-corrected chi connectivity index (χ1v) is 12.2. The van der Waals surface area contributed by atoms with E-state index >= 15 is 0 Å². The number of para-hydroxylation sites is 2. The first-order chi connectivity index (χ1) is 13.3. The van der Waals surface area contributed by atoms with Gasteiger partial charge in [-0.3, -0.25) is 4.90 Å². The van der Waals surface area contributed by atoms with Gasteiger partial charge in [0, 0.05) is 12.6 Å². The Bertz CT molecular complexity index is 968. The Hall–Kier alpha value is -1.49. The summed E-state index contributed by atoms with van der Waals surface area (Å²) in [6.07, 6.45) is 0.666. The lowest BCUT2D eigenvalue weighted by atomic mass is 10.1. The SMILES string of the molecule is COc1ccccc1Nc1nn(CN(CC(C)C)C2CCS(=O)(=O)C2)c(=S)s1. The number of rotatable bonds is 8. The molecule has 0 aliphatic carbocycles. The number of anilines is 2. The Morgan fingerprint density at radius 3 is 2.82 bits per heavy atom. The molecule has 0 saturated carbocycles. The maximum Gasteiger partial charge on any atom is 0.209 e. The quantitative estimate of drug-likeness (QED) is 0.627. The number of nitrogens with one attached hydrogen (secondary N) is 1. The molecule has 1 saturated heterocycles. The summed E-state index contributed by atoms with van der Waals surface area (Å²) < 4.78 is 31.6. The second-order valence-electron chi connectivity index (χ2n) is 7.36. The van der Waals surface area contributed by atoms with E-state index in [0.717, 1.165) is 18.0 Å². The molecule has 1 N–H and O–H groups in total. The third-order valence-corrected chi connectivity index (χ3v) is 7.57. The Morgan fingerprint density at radius 1 is 1.43 bits per heavy atom. The highest BCUT2D eigenvalue weighted by Crippen LogP contribution is 2.28. The second kappa shape index (κ2) is 8.89. The normalized spacial score (nSPS) is 18.7. The van der Waals surface area contributed by atoms with Gasteiger partial charge in [0.15, 0.2) is 13.8 Å². The van der Waals surface area contributed by atoms with Gasteiger partial charge >= 0.3 is 0 Å². The van der Waals surface area contributed by atoms with Crippen LogP contribution in [-0.2, 0) is 16.5 Å². The first-order valence-electron chi connectivity index (χ1n) is 9.20. The summed E-state index contributed by atoms with van der Waals surface area (Å²) in [7, 11) is -1.32. The molecule has 1 aromatic carbocycles. The maximum absolute atomic E-state index is 11.9. The van der Waals surface area contributed by atoms with Crippen LogP contribution in [0.3, 0.4) is 0 Å². The van der Waals surface area contributed by atoms with E-state index in [1.807, 2.05) is 24.3 Å². The number of hydrogen-bond acceptors (Lipinski definition) is 8. The fourth-order valence-corrected chi connectivity index (χ4v) is 6.10. The molecule has 0 amide bonds. The number of benzene rings is 1. The van der Waals surface area contributed by atoms with Gasteiger partial charge in [-0.25, -0.2) is 13.1 Å². The summed E-state index contributed by atoms with van der Waals surface area (Å²) in [6, 6.07) is 7.64. The molecule has 1 atom stereocenters. The smallest absolute Gasteiger partial charge is 0.209 e. The number of aromatic nitrogens is 2. The maximum atomic E-state index is 11.9. The average Bonchev–Trinajstić information content (AvgIpc) is 3.16. The van der Waals surface area contributed by atoms with Gasteiger partial charge in [0.05, 0.1) is 31.0 Å². The van der Waals surface area contributed by atoms with Crippen molar-refractivity contribution in [1.29, 1.82) is 0 Å². The van der Waals surface area contributed by atoms with Crippen molar-refractivity contribution in [2.75, 3.05) is 30.5 Å². The van der Waals surface area contributed by atoms with E-state index in [4.69, 9.17) is 17.0 Å². The highest BCUT2D eigenvalue weighted by atomic mass is 32.2. The Morgan fingerprint density at radius 2 is 2.18 bits per heavy atom. The molecule has 1 aliphatic rings. The third kappa shape index (κ3) is 5.31. The van der Waals surface area contributed by atoms with Crippen molar-refractivity contribution in [2.24, 2.45) is 5.92 Å². The van der Waals surface area contributed by atoms with E-state index in [1.165, 1.54) is 11.3 Å². The van der Waals surface area contributed by atoms with E-state index in [-0.39, 0.29) is 17.5 Å². The molecule has 1 unspecified atom stereocenters. The molecule has 0 radical (unpaired) electrons. The van der Waals surface area contributed by atoms with Crippen LogP contribution in [0.1, 0.15) is 20.3 Å². The first kappa shape index (κ1) is 21.2. The molecule has 3 rings (SSSR count). The van der Waals surface area contributed by atoms with Gasteiger partial charge in [0.1, 0.15) is 5.75 Å². The standard InChI is InChI=1S/C18H26N4O3S3/c1-13(2)10-21(14-8-9-28(23,24)11-14)12-22-18(26)27-17(20-22)19-15-6-4-5-7-16(15)25-3/h4-7,13-14H,8-12H2,1-3H3,(H,19,20). The lowest BCUT2D eigenvalue weighted by molar-refractivity contribution is 0.138. The number of ether oxygens (including phenoxy) is 1. The van der Waals surface area contributed by atoms with Crippen LogP contribution in [-0.4, -0.2) is 54.3 Å². The fourth-order valence-electron chi connectivity index (χ4n) is 3.34. The van der Waals surface area contributed by atoms with Crippen molar-refractivity contribution in [2.45, 2.75) is 33.0 Å². The van der Waals surface area contributed by atoms with Crippen LogP contribution >= 0.6 is 23.6 Å².